The van der Waals surface area contributed by atoms with E-state index in [0.29, 0.717) is 16.6 Å². The molecule has 0 amide bonds. The van der Waals surface area contributed by atoms with Crippen LogP contribution in [0.2, 0.25) is 0 Å². The molecule has 0 saturated carbocycles. The van der Waals surface area contributed by atoms with Gasteiger partial charge in [-0.3, -0.25) is 0 Å². The molecule has 9 heteroatoms. The Morgan fingerprint density at radius 1 is 1.14 bits per heavy atom. The molecule has 0 N–H and O–H groups in total. The molecule has 148 valence electrons. The van der Waals surface area contributed by atoms with Crippen LogP contribution in [0.25, 0.3) is 10.9 Å². The Hall–Kier alpha value is -3.36. The second-order valence-electron chi connectivity index (χ2n) is 6.97. The van der Waals surface area contributed by atoms with E-state index in [1.807, 2.05) is 6.07 Å². The van der Waals surface area contributed by atoms with Crippen LogP contribution in [-0.2, 0) is 16.1 Å². The number of para-hydroxylation sites is 1. The van der Waals surface area contributed by atoms with Gasteiger partial charge < -0.3 is 14.2 Å². The lowest BCUT2D eigenvalue weighted by Gasteiger charge is -2.19. The molecule has 3 rings (SSSR count). The Balaban J connectivity index is 1.76. The molecule has 0 aliphatic heterocycles. The molecule has 0 atom stereocenters. The molecule has 2 heterocycles. The summed E-state index contributed by atoms with van der Waals surface area (Å²) < 4.78 is 18.5. The van der Waals surface area contributed by atoms with Crippen LogP contribution >= 0.6 is 0 Å². The Morgan fingerprint density at radius 2 is 1.89 bits per heavy atom. The zero-order chi connectivity index (χ0) is 20.3. The molecule has 0 radical (unpaired) electrons. The molecule has 28 heavy (non-hydrogen) atoms. The number of hydrogen-bond acceptors (Lipinski definition) is 7. The molecule has 3 aromatic rings. The summed E-state index contributed by atoms with van der Waals surface area (Å²) in [4.78, 5) is 28.3. The topological polar surface area (TPSA) is 97.5 Å². The normalized spacial score (nSPS) is 11.4. The van der Waals surface area contributed by atoms with Gasteiger partial charge >= 0.3 is 12.2 Å². The number of fused-ring (bicyclic) bond motifs is 1. The first-order valence-electron chi connectivity index (χ1n) is 8.82. The van der Waals surface area contributed by atoms with E-state index in [0.717, 1.165) is 4.68 Å². The lowest BCUT2D eigenvalue weighted by molar-refractivity contribution is 0.0536. The van der Waals surface area contributed by atoms with Crippen molar-refractivity contribution >= 4 is 23.1 Å². The zero-order valence-electron chi connectivity index (χ0n) is 16.2. The van der Waals surface area contributed by atoms with E-state index in [1.54, 1.807) is 45.9 Å². The van der Waals surface area contributed by atoms with Crippen LogP contribution in [0.3, 0.4) is 0 Å². The van der Waals surface area contributed by atoms with Crippen LogP contribution in [0.5, 0.6) is 5.88 Å². The molecule has 0 aliphatic rings. The fourth-order valence-electron chi connectivity index (χ4n) is 2.46. The van der Waals surface area contributed by atoms with E-state index in [2.05, 4.69) is 10.1 Å². The molecule has 0 bridgehead atoms. The predicted molar refractivity (Wildman–Crippen MR) is 100 cm³/mol. The van der Waals surface area contributed by atoms with Crippen molar-refractivity contribution < 1.29 is 23.8 Å². The van der Waals surface area contributed by atoms with E-state index in [9.17, 15) is 9.59 Å². The van der Waals surface area contributed by atoms with Crippen LogP contribution in [0, 0.1) is 0 Å². The standard InChI is InChI=1S/C19H22N4O5/c1-5-26-18(25)23-15-9-7-6-8-14(15)16(21-23)27-11-13-10-22(12-20-13)17(24)28-19(2,3)4/h6-10,12H,5,11H2,1-4H3. The number of rotatable bonds is 4. The first-order valence-corrected chi connectivity index (χ1v) is 8.82. The minimum Gasteiger partial charge on any atom is -0.470 e. The molecule has 0 aliphatic carbocycles. The first kappa shape index (κ1) is 19.4. The summed E-state index contributed by atoms with van der Waals surface area (Å²) in [6.07, 6.45) is 1.78. The van der Waals surface area contributed by atoms with E-state index in [-0.39, 0.29) is 19.1 Å². The van der Waals surface area contributed by atoms with Gasteiger partial charge in [-0.15, -0.1) is 5.10 Å². The number of nitrogens with zero attached hydrogens (tertiary/aromatic N) is 4. The molecule has 1 aromatic carbocycles. The molecular formula is C19H22N4O5. The summed E-state index contributed by atoms with van der Waals surface area (Å²) in [5, 5.41) is 4.88. The quantitative estimate of drug-likeness (QED) is 0.676. The van der Waals surface area contributed by atoms with Crippen LogP contribution < -0.4 is 4.74 Å². The summed E-state index contributed by atoms with van der Waals surface area (Å²) in [5.41, 5.74) is 0.493. The monoisotopic (exact) mass is 386 g/mol. The number of hydrogen-bond donors (Lipinski definition) is 0. The Morgan fingerprint density at radius 3 is 2.61 bits per heavy atom. The van der Waals surface area contributed by atoms with Crippen molar-refractivity contribution in [2.75, 3.05) is 6.61 Å². The van der Waals surface area contributed by atoms with Gasteiger partial charge in [0.2, 0.25) is 5.88 Å². The average molecular weight is 386 g/mol. The Kier molecular flexibility index (Phi) is 5.34. The van der Waals surface area contributed by atoms with Gasteiger partial charge in [-0.05, 0) is 39.8 Å². The summed E-state index contributed by atoms with van der Waals surface area (Å²) in [5.74, 6) is 0.274. The van der Waals surface area contributed by atoms with E-state index < -0.39 is 17.8 Å². The number of carbonyl (C=O) groups excluding carboxylic acids is 2. The van der Waals surface area contributed by atoms with Crippen molar-refractivity contribution in [1.29, 1.82) is 0 Å². The maximum atomic E-state index is 12.1. The van der Waals surface area contributed by atoms with E-state index >= 15 is 0 Å². The van der Waals surface area contributed by atoms with Gasteiger partial charge in [-0.25, -0.2) is 19.1 Å². The molecule has 2 aromatic heterocycles. The molecule has 9 nitrogen and oxygen atoms in total. The number of aromatic nitrogens is 4. The maximum absolute atomic E-state index is 12.1. The van der Waals surface area contributed by atoms with Gasteiger partial charge in [0.1, 0.15) is 18.5 Å². The number of ether oxygens (including phenoxy) is 3. The molecule has 0 fully saturated rings. The lowest BCUT2D eigenvalue weighted by atomic mass is 10.2. The van der Waals surface area contributed by atoms with Crippen molar-refractivity contribution in [2.45, 2.75) is 39.9 Å². The van der Waals surface area contributed by atoms with Gasteiger partial charge in [-0.2, -0.15) is 4.68 Å². The van der Waals surface area contributed by atoms with Crippen molar-refractivity contribution in [3.05, 3.63) is 42.5 Å². The van der Waals surface area contributed by atoms with Gasteiger partial charge in [0.05, 0.1) is 23.2 Å². The highest BCUT2D eigenvalue weighted by atomic mass is 16.6. The minimum absolute atomic E-state index is 0.0691. The van der Waals surface area contributed by atoms with Crippen molar-refractivity contribution in [2.24, 2.45) is 0 Å². The second-order valence-corrected chi connectivity index (χ2v) is 6.97. The van der Waals surface area contributed by atoms with Crippen LogP contribution in [0.4, 0.5) is 9.59 Å². The summed E-state index contributed by atoms with van der Waals surface area (Å²) in [6.45, 7) is 7.40. The van der Waals surface area contributed by atoms with Gasteiger partial charge in [0, 0.05) is 6.20 Å². The van der Waals surface area contributed by atoms with Gasteiger partial charge in [-0.1, -0.05) is 12.1 Å². The summed E-state index contributed by atoms with van der Waals surface area (Å²) in [6, 6.07) is 7.17. The smallest absolute Gasteiger partial charge is 0.435 e. The Bertz CT molecular complexity index is 999. The van der Waals surface area contributed by atoms with Gasteiger partial charge in [0.15, 0.2) is 0 Å². The third-order valence-electron chi connectivity index (χ3n) is 3.59. The lowest BCUT2D eigenvalue weighted by Crippen LogP contribution is -2.26. The molecule has 0 unspecified atom stereocenters. The fourth-order valence-corrected chi connectivity index (χ4v) is 2.46. The first-order chi connectivity index (χ1) is 13.3. The Labute approximate surface area is 161 Å². The maximum Gasteiger partial charge on any atom is 0.435 e. The predicted octanol–water partition coefficient (Wildman–Crippen LogP) is 3.60. The molecule has 0 spiro atoms. The van der Waals surface area contributed by atoms with E-state index in [1.165, 1.54) is 17.1 Å². The molecule has 0 saturated heterocycles. The number of imidazole rings is 1. The van der Waals surface area contributed by atoms with Crippen molar-refractivity contribution in [1.82, 2.24) is 19.3 Å². The van der Waals surface area contributed by atoms with Crippen LogP contribution in [-0.4, -0.2) is 43.7 Å². The average Bonchev–Trinajstić information content (AvgIpc) is 3.24. The second kappa shape index (κ2) is 7.71. The molecular weight excluding hydrogens is 364 g/mol. The largest absolute Gasteiger partial charge is 0.470 e. The highest BCUT2D eigenvalue weighted by Crippen LogP contribution is 2.25. The minimum atomic E-state index is -0.600. The van der Waals surface area contributed by atoms with Crippen molar-refractivity contribution in [3.8, 4) is 5.88 Å². The highest BCUT2D eigenvalue weighted by molar-refractivity contribution is 5.91. The van der Waals surface area contributed by atoms with Crippen LogP contribution in [0.1, 0.15) is 33.4 Å². The fraction of sp³-hybridized carbons (Fsp3) is 0.368. The van der Waals surface area contributed by atoms with E-state index in [4.69, 9.17) is 14.2 Å². The third-order valence-corrected chi connectivity index (χ3v) is 3.59. The third kappa shape index (κ3) is 4.30. The van der Waals surface area contributed by atoms with Gasteiger partial charge in [0.25, 0.3) is 0 Å². The number of benzene rings is 1. The number of carbonyl (C=O) groups is 2. The zero-order valence-corrected chi connectivity index (χ0v) is 16.2. The van der Waals surface area contributed by atoms with Crippen LogP contribution in [0.15, 0.2) is 36.8 Å². The SMILES string of the molecule is CCOC(=O)n1nc(OCc2cn(C(=O)OC(C)(C)C)cn2)c2ccccc21. The highest BCUT2D eigenvalue weighted by Gasteiger charge is 2.19. The summed E-state index contributed by atoms with van der Waals surface area (Å²) >= 11 is 0. The van der Waals surface area contributed by atoms with Crippen molar-refractivity contribution in [3.63, 3.8) is 0 Å². The summed E-state index contributed by atoms with van der Waals surface area (Å²) in [7, 11) is 0.